The number of benzene rings is 3. The summed E-state index contributed by atoms with van der Waals surface area (Å²) >= 11 is 0. The lowest BCUT2D eigenvalue weighted by Crippen LogP contribution is -1.83. The predicted molar refractivity (Wildman–Crippen MR) is 110 cm³/mol. The normalized spacial score (nSPS) is 11.0. The molecule has 0 aliphatic rings. The molecule has 2 heteroatoms. The standard InChI is InChI=1S/C25H17NO/c1-4-10-18(11-5-1)22-17-16-21-23(19-12-6-2-7-13-19)24(27-25(21)26-22)20-14-8-3-9-15-20/h1-17H. The van der Waals surface area contributed by atoms with Crippen molar-refractivity contribution in [2.24, 2.45) is 0 Å². The fourth-order valence-corrected chi connectivity index (χ4v) is 3.43. The van der Waals surface area contributed by atoms with Crippen molar-refractivity contribution in [3.8, 4) is 33.7 Å². The third kappa shape index (κ3) is 2.81. The van der Waals surface area contributed by atoms with Crippen LogP contribution in [0.2, 0.25) is 0 Å². The van der Waals surface area contributed by atoms with Gasteiger partial charge in [-0.3, -0.25) is 0 Å². The number of rotatable bonds is 3. The van der Waals surface area contributed by atoms with E-state index in [0.29, 0.717) is 5.71 Å². The molecule has 0 N–H and O–H groups in total. The van der Waals surface area contributed by atoms with E-state index < -0.39 is 0 Å². The molecule has 3 aromatic carbocycles. The second-order valence-corrected chi connectivity index (χ2v) is 6.45. The van der Waals surface area contributed by atoms with Crippen LogP contribution in [0.4, 0.5) is 0 Å². The van der Waals surface area contributed by atoms with Gasteiger partial charge in [0.1, 0.15) is 5.76 Å². The Labute approximate surface area is 157 Å². The third-order valence-corrected chi connectivity index (χ3v) is 4.72. The van der Waals surface area contributed by atoms with Gasteiger partial charge in [0, 0.05) is 22.1 Å². The number of fused-ring (bicyclic) bond motifs is 1. The molecule has 27 heavy (non-hydrogen) atoms. The van der Waals surface area contributed by atoms with Crippen molar-refractivity contribution in [2.45, 2.75) is 0 Å². The Morgan fingerprint density at radius 3 is 1.70 bits per heavy atom. The van der Waals surface area contributed by atoms with Crippen LogP contribution in [0.5, 0.6) is 0 Å². The Bertz CT molecular complexity index is 1190. The molecule has 0 unspecified atom stereocenters. The van der Waals surface area contributed by atoms with Gasteiger partial charge in [-0.05, 0) is 17.7 Å². The van der Waals surface area contributed by atoms with Gasteiger partial charge < -0.3 is 4.42 Å². The third-order valence-electron chi connectivity index (χ3n) is 4.72. The van der Waals surface area contributed by atoms with Crippen LogP contribution in [0, 0.1) is 0 Å². The molecule has 0 aliphatic carbocycles. The highest BCUT2D eigenvalue weighted by atomic mass is 16.3. The molecule has 0 aliphatic heterocycles. The molecule has 0 amide bonds. The molecule has 0 radical (unpaired) electrons. The van der Waals surface area contributed by atoms with Gasteiger partial charge in [0.2, 0.25) is 5.71 Å². The summed E-state index contributed by atoms with van der Waals surface area (Å²) in [6.07, 6.45) is 0. The van der Waals surface area contributed by atoms with Gasteiger partial charge in [0.15, 0.2) is 0 Å². The van der Waals surface area contributed by atoms with Crippen LogP contribution in [0.1, 0.15) is 0 Å². The molecule has 2 nitrogen and oxygen atoms in total. The summed E-state index contributed by atoms with van der Waals surface area (Å²) in [5.74, 6) is 0.856. The first kappa shape index (κ1) is 15.6. The van der Waals surface area contributed by atoms with Crippen LogP contribution in [-0.2, 0) is 0 Å². The van der Waals surface area contributed by atoms with Gasteiger partial charge in [-0.1, -0.05) is 91.0 Å². The van der Waals surface area contributed by atoms with Gasteiger partial charge in [-0.2, -0.15) is 0 Å². The highest BCUT2D eigenvalue weighted by molar-refractivity contribution is 6.01. The quantitative estimate of drug-likeness (QED) is 0.357. The molecule has 128 valence electrons. The topological polar surface area (TPSA) is 26.0 Å². The summed E-state index contributed by atoms with van der Waals surface area (Å²) in [7, 11) is 0. The van der Waals surface area contributed by atoms with Crippen LogP contribution in [0.25, 0.3) is 44.8 Å². The minimum Gasteiger partial charge on any atom is -0.437 e. The maximum atomic E-state index is 6.29. The number of hydrogen-bond donors (Lipinski definition) is 0. The number of hydrogen-bond acceptors (Lipinski definition) is 2. The van der Waals surface area contributed by atoms with Crippen LogP contribution in [0.3, 0.4) is 0 Å². The molecule has 0 atom stereocenters. The van der Waals surface area contributed by atoms with Crippen LogP contribution in [-0.4, -0.2) is 4.98 Å². The maximum absolute atomic E-state index is 6.29. The second-order valence-electron chi connectivity index (χ2n) is 6.45. The second kappa shape index (κ2) is 6.58. The molecule has 0 fully saturated rings. The van der Waals surface area contributed by atoms with E-state index in [1.165, 1.54) is 0 Å². The first-order chi connectivity index (χ1) is 13.4. The average Bonchev–Trinajstić information content (AvgIpc) is 3.14. The number of nitrogens with zero attached hydrogens (tertiary/aromatic N) is 1. The minimum absolute atomic E-state index is 0.661. The smallest absolute Gasteiger partial charge is 0.227 e. The van der Waals surface area contributed by atoms with Gasteiger partial charge in [0.05, 0.1) is 5.69 Å². The van der Waals surface area contributed by atoms with Gasteiger partial charge in [-0.15, -0.1) is 0 Å². The Morgan fingerprint density at radius 1 is 0.519 bits per heavy atom. The van der Waals surface area contributed by atoms with Crippen LogP contribution >= 0.6 is 0 Å². The van der Waals surface area contributed by atoms with Crippen molar-refractivity contribution in [3.05, 3.63) is 103 Å². The van der Waals surface area contributed by atoms with E-state index >= 15 is 0 Å². The fraction of sp³-hybridized carbons (Fsp3) is 0. The van der Waals surface area contributed by atoms with Gasteiger partial charge in [-0.25, -0.2) is 4.98 Å². The number of aromatic nitrogens is 1. The van der Waals surface area contributed by atoms with E-state index in [4.69, 9.17) is 9.40 Å². The van der Waals surface area contributed by atoms with E-state index in [9.17, 15) is 0 Å². The molecule has 0 bridgehead atoms. The summed E-state index contributed by atoms with van der Waals surface area (Å²) in [5.41, 5.74) is 5.92. The highest BCUT2D eigenvalue weighted by Gasteiger charge is 2.18. The molecule has 0 saturated heterocycles. The summed E-state index contributed by atoms with van der Waals surface area (Å²) in [6.45, 7) is 0. The summed E-state index contributed by atoms with van der Waals surface area (Å²) in [5, 5.41) is 1.03. The SMILES string of the molecule is c1ccc(-c2ccc3c(-c4ccccc4)c(-c4ccccc4)oc3n2)cc1. The predicted octanol–water partition coefficient (Wildman–Crippen LogP) is 6.83. The minimum atomic E-state index is 0.661. The lowest BCUT2D eigenvalue weighted by Gasteiger charge is -2.03. The Balaban J connectivity index is 1.77. The van der Waals surface area contributed by atoms with Crippen molar-refractivity contribution in [1.29, 1.82) is 0 Å². The molecule has 0 spiro atoms. The number of pyridine rings is 1. The molecule has 5 rings (SSSR count). The lowest BCUT2D eigenvalue weighted by molar-refractivity contribution is 0.620. The Kier molecular flexibility index (Phi) is 3.80. The lowest BCUT2D eigenvalue weighted by atomic mass is 9.99. The van der Waals surface area contributed by atoms with Crippen molar-refractivity contribution < 1.29 is 4.42 Å². The van der Waals surface area contributed by atoms with E-state index in [2.05, 4.69) is 60.7 Å². The zero-order valence-electron chi connectivity index (χ0n) is 14.7. The zero-order valence-corrected chi connectivity index (χ0v) is 14.7. The van der Waals surface area contributed by atoms with Crippen molar-refractivity contribution in [1.82, 2.24) is 4.98 Å². The first-order valence-corrected chi connectivity index (χ1v) is 9.00. The largest absolute Gasteiger partial charge is 0.437 e. The van der Waals surface area contributed by atoms with E-state index in [1.807, 2.05) is 42.5 Å². The number of furan rings is 1. The van der Waals surface area contributed by atoms with Crippen molar-refractivity contribution in [3.63, 3.8) is 0 Å². The van der Waals surface area contributed by atoms with Crippen LogP contribution in [0.15, 0.2) is 108 Å². The van der Waals surface area contributed by atoms with E-state index in [0.717, 1.165) is 39.1 Å². The molecule has 0 saturated carbocycles. The molecular formula is C25H17NO. The zero-order chi connectivity index (χ0) is 18.1. The highest BCUT2D eigenvalue weighted by Crippen LogP contribution is 2.40. The van der Waals surface area contributed by atoms with Gasteiger partial charge in [0.25, 0.3) is 0 Å². The monoisotopic (exact) mass is 347 g/mol. The van der Waals surface area contributed by atoms with Crippen molar-refractivity contribution in [2.75, 3.05) is 0 Å². The molecule has 5 aromatic rings. The summed E-state index contributed by atoms with van der Waals surface area (Å²) < 4.78 is 6.29. The molecule has 2 heterocycles. The Morgan fingerprint density at radius 2 is 1.07 bits per heavy atom. The fourth-order valence-electron chi connectivity index (χ4n) is 3.43. The first-order valence-electron chi connectivity index (χ1n) is 9.00. The maximum Gasteiger partial charge on any atom is 0.227 e. The van der Waals surface area contributed by atoms with Crippen LogP contribution < -0.4 is 0 Å². The van der Waals surface area contributed by atoms with Gasteiger partial charge >= 0.3 is 0 Å². The van der Waals surface area contributed by atoms with Crippen molar-refractivity contribution >= 4 is 11.1 Å². The Hall–Kier alpha value is -3.65. The molecule has 2 aromatic heterocycles. The van der Waals surface area contributed by atoms with E-state index in [1.54, 1.807) is 0 Å². The average molecular weight is 347 g/mol. The summed E-state index contributed by atoms with van der Waals surface area (Å²) in [4.78, 5) is 4.81. The molecular weight excluding hydrogens is 330 g/mol. The summed E-state index contributed by atoms with van der Waals surface area (Å²) in [6, 6.07) is 34.9. The van der Waals surface area contributed by atoms with E-state index in [-0.39, 0.29) is 0 Å².